The van der Waals surface area contributed by atoms with Crippen LogP contribution in [0.5, 0.6) is 0 Å². The van der Waals surface area contributed by atoms with Crippen LogP contribution in [0.15, 0.2) is 30.3 Å². The molecule has 0 radical (unpaired) electrons. The van der Waals surface area contributed by atoms with Gasteiger partial charge < -0.3 is 10.6 Å². The number of likely N-dealkylation sites (N-methyl/N-ethyl adjacent to an activating group) is 1. The summed E-state index contributed by atoms with van der Waals surface area (Å²) in [5, 5.41) is 0. The molecule has 0 bridgehead atoms. The summed E-state index contributed by atoms with van der Waals surface area (Å²) in [5.41, 5.74) is 6.47. The maximum absolute atomic E-state index is 11.7. The van der Waals surface area contributed by atoms with Crippen molar-refractivity contribution < 1.29 is 9.59 Å². The van der Waals surface area contributed by atoms with Crippen LogP contribution in [-0.2, 0) is 4.79 Å². The average Bonchev–Trinajstić information content (AvgIpc) is 2.38. The fourth-order valence-corrected chi connectivity index (χ4v) is 1.57. The van der Waals surface area contributed by atoms with Crippen LogP contribution in [0.3, 0.4) is 0 Å². The van der Waals surface area contributed by atoms with E-state index in [4.69, 9.17) is 5.73 Å². The van der Waals surface area contributed by atoms with E-state index in [2.05, 4.69) is 0 Å². The Bertz CT molecular complexity index is 445. The molecule has 0 fully saturated rings. The Hall–Kier alpha value is -2.10. The minimum atomic E-state index is -0.454. The van der Waals surface area contributed by atoms with Gasteiger partial charge in [0.05, 0.1) is 0 Å². The maximum Gasteiger partial charge on any atom is 0.248 e. The van der Waals surface area contributed by atoms with Crippen LogP contribution in [0, 0.1) is 0 Å². The van der Waals surface area contributed by atoms with Gasteiger partial charge in [0.25, 0.3) is 0 Å². The van der Waals surface area contributed by atoms with Gasteiger partial charge in [0.1, 0.15) is 0 Å². The highest BCUT2D eigenvalue weighted by Gasteiger charge is 2.04. The van der Waals surface area contributed by atoms with Crippen LogP contribution in [0.25, 0.3) is 6.08 Å². The van der Waals surface area contributed by atoms with E-state index in [-0.39, 0.29) is 5.91 Å². The third kappa shape index (κ3) is 3.73. The van der Waals surface area contributed by atoms with Gasteiger partial charge in [-0.25, -0.2) is 0 Å². The zero-order chi connectivity index (χ0) is 13.5. The molecule has 4 heteroatoms. The van der Waals surface area contributed by atoms with Crippen LogP contribution in [0.1, 0.15) is 29.8 Å². The summed E-state index contributed by atoms with van der Waals surface area (Å²) in [6, 6.07) is 6.80. The smallest absolute Gasteiger partial charge is 0.248 e. The lowest BCUT2D eigenvalue weighted by atomic mass is 10.1. The highest BCUT2D eigenvalue weighted by Crippen LogP contribution is 2.06. The van der Waals surface area contributed by atoms with Crippen LogP contribution >= 0.6 is 0 Å². The Balaban J connectivity index is 2.72. The van der Waals surface area contributed by atoms with Gasteiger partial charge in [-0.2, -0.15) is 0 Å². The summed E-state index contributed by atoms with van der Waals surface area (Å²) in [7, 11) is 0. The highest BCUT2D eigenvalue weighted by atomic mass is 16.2. The third-order valence-corrected chi connectivity index (χ3v) is 2.69. The lowest BCUT2D eigenvalue weighted by Crippen LogP contribution is -2.28. The van der Waals surface area contributed by atoms with Gasteiger partial charge in [-0.05, 0) is 37.6 Å². The first kappa shape index (κ1) is 14.0. The first-order valence-electron chi connectivity index (χ1n) is 5.95. The number of nitrogens with zero attached hydrogens (tertiary/aromatic N) is 1. The molecule has 0 saturated carbocycles. The number of hydrogen-bond acceptors (Lipinski definition) is 2. The Kier molecular flexibility index (Phi) is 5.11. The average molecular weight is 246 g/mol. The van der Waals surface area contributed by atoms with Crippen molar-refractivity contribution in [2.45, 2.75) is 13.8 Å². The van der Waals surface area contributed by atoms with Crippen molar-refractivity contribution in [1.82, 2.24) is 4.90 Å². The molecule has 4 nitrogen and oxygen atoms in total. The van der Waals surface area contributed by atoms with E-state index < -0.39 is 5.91 Å². The van der Waals surface area contributed by atoms with E-state index in [0.29, 0.717) is 18.7 Å². The molecule has 0 spiro atoms. The molecular weight excluding hydrogens is 228 g/mol. The van der Waals surface area contributed by atoms with Crippen molar-refractivity contribution in [2.75, 3.05) is 13.1 Å². The summed E-state index contributed by atoms with van der Waals surface area (Å²) in [6.45, 7) is 5.27. The molecule has 1 rings (SSSR count). The second-order valence-electron chi connectivity index (χ2n) is 3.83. The minimum Gasteiger partial charge on any atom is -0.366 e. The van der Waals surface area contributed by atoms with Crippen molar-refractivity contribution in [1.29, 1.82) is 0 Å². The normalized spacial score (nSPS) is 10.6. The lowest BCUT2D eigenvalue weighted by Gasteiger charge is -2.15. The number of benzene rings is 1. The molecule has 2 amide bonds. The Morgan fingerprint density at radius 1 is 1.17 bits per heavy atom. The predicted molar refractivity (Wildman–Crippen MR) is 71.9 cm³/mol. The molecule has 0 unspecified atom stereocenters. The maximum atomic E-state index is 11.7. The molecule has 0 aromatic heterocycles. The Morgan fingerprint density at radius 3 is 2.17 bits per heavy atom. The molecule has 0 aliphatic carbocycles. The fourth-order valence-electron chi connectivity index (χ4n) is 1.57. The second-order valence-corrected chi connectivity index (χ2v) is 3.83. The summed E-state index contributed by atoms with van der Waals surface area (Å²) in [5.74, 6) is -0.469. The molecule has 18 heavy (non-hydrogen) atoms. The molecule has 1 aromatic carbocycles. The first-order valence-corrected chi connectivity index (χ1v) is 5.95. The summed E-state index contributed by atoms with van der Waals surface area (Å²) in [4.78, 5) is 24.3. The van der Waals surface area contributed by atoms with Crippen LogP contribution < -0.4 is 5.73 Å². The molecule has 2 N–H and O–H groups in total. The van der Waals surface area contributed by atoms with Crippen molar-refractivity contribution in [2.24, 2.45) is 5.73 Å². The van der Waals surface area contributed by atoms with Crippen LogP contribution in [0.2, 0.25) is 0 Å². The van der Waals surface area contributed by atoms with Crippen molar-refractivity contribution in [3.8, 4) is 0 Å². The van der Waals surface area contributed by atoms with Crippen molar-refractivity contribution in [3.05, 3.63) is 41.5 Å². The van der Waals surface area contributed by atoms with Crippen molar-refractivity contribution >= 4 is 17.9 Å². The van der Waals surface area contributed by atoms with E-state index in [1.165, 1.54) is 6.08 Å². The number of nitrogens with two attached hydrogens (primary N) is 1. The second kappa shape index (κ2) is 6.59. The number of rotatable bonds is 5. The van der Waals surface area contributed by atoms with Gasteiger partial charge >= 0.3 is 0 Å². The lowest BCUT2D eigenvalue weighted by molar-refractivity contribution is -0.125. The highest BCUT2D eigenvalue weighted by molar-refractivity contribution is 5.94. The van der Waals surface area contributed by atoms with Gasteiger partial charge in [-0.3, -0.25) is 9.59 Å². The zero-order valence-corrected chi connectivity index (χ0v) is 10.7. The summed E-state index contributed by atoms with van der Waals surface area (Å²) < 4.78 is 0. The van der Waals surface area contributed by atoms with E-state index in [0.717, 1.165) is 5.56 Å². The number of carbonyl (C=O) groups is 2. The number of carbonyl (C=O) groups excluding carboxylic acids is 2. The molecule has 0 aliphatic rings. The van der Waals surface area contributed by atoms with Crippen LogP contribution in [0.4, 0.5) is 0 Å². The Morgan fingerprint density at radius 2 is 1.72 bits per heavy atom. The zero-order valence-electron chi connectivity index (χ0n) is 10.7. The standard InChI is InChI=1S/C14H18N2O2/c1-3-16(4-2)13(17)10-7-11-5-8-12(9-6-11)14(15)18/h5-10H,3-4H2,1-2H3,(H2,15,18). The summed E-state index contributed by atoms with van der Waals surface area (Å²) in [6.07, 6.45) is 3.26. The van der Waals surface area contributed by atoms with Gasteiger partial charge in [-0.15, -0.1) is 0 Å². The molecular formula is C14H18N2O2. The molecule has 0 aliphatic heterocycles. The fraction of sp³-hybridized carbons (Fsp3) is 0.286. The minimum absolute atomic E-state index is 0.0148. The van der Waals surface area contributed by atoms with E-state index in [1.807, 2.05) is 13.8 Å². The van der Waals surface area contributed by atoms with Gasteiger partial charge in [-0.1, -0.05) is 12.1 Å². The van der Waals surface area contributed by atoms with E-state index >= 15 is 0 Å². The number of amides is 2. The molecule has 96 valence electrons. The Labute approximate surface area is 107 Å². The summed E-state index contributed by atoms with van der Waals surface area (Å²) >= 11 is 0. The number of hydrogen-bond donors (Lipinski definition) is 1. The quantitative estimate of drug-likeness (QED) is 0.803. The third-order valence-electron chi connectivity index (χ3n) is 2.69. The molecule has 1 aromatic rings. The van der Waals surface area contributed by atoms with Crippen LogP contribution in [-0.4, -0.2) is 29.8 Å². The molecule has 0 heterocycles. The largest absolute Gasteiger partial charge is 0.366 e. The van der Waals surface area contributed by atoms with E-state index in [1.54, 1.807) is 35.2 Å². The molecule has 0 saturated heterocycles. The number of primary amides is 1. The topological polar surface area (TPSA) is 63.4 Å². The van der Waals surface area contributed by atoms with Gasteiger partial charge in [0, 0.05) is 24.7 Å². The first-order chi connectivity index (χ1) is 8.58. The predicted octanol–water partition coefficient (Wildman–Crippen LogP) is 1.67. The van der Waals surface area contributed by atoms with Crippen molar-refractivity contribution in [3.63, 3.8) is 0 Å². The van der Waals surface area contributed by atoms with Gasteiger partial charge in [0.2, 0.25) is 11.8 Å². The molecule has 0 atom stereocenters. The monoisotopic (exact) mass is 246 g/mol. The SMILES string of the molecule is CCN(CC)C(=O)C=Cc1ccc(C(N)=O)cc1. The van der Waals surface area contributed by atoms with Gasteiger partial charge in [0.15, 0.2) is 0 Å². The van der Waals surface area contributed by atoms with E-state index in [9.17, 15) is 9.59 Å².